The van der Waals surface area contributed by atoms with Crippen LogP contribution >= 0.6 is 0 Å². The number of benzene rings is 1. The zero-order chi connectivity index (χ0) is 23.0. The Morgan fingerprint density at radius 2 is 1.71 bits per heavy atom. The number of fused-ring (bicyclic) bond motifs is 1. The SMILES string of the molecule is O=C(C1CCN(c2nccc3c2ccn3Cc2ccccc2)CC1)N1CCC2(CC1)OCCO2. The molecule has 178 valence electrons. The van der Waals surface area contributed by atoms with Crippen molar-refractivity contribution in [3.8, 4) is 0 Å². The van der Waals surface area contributed by atoms with Crippen LogP contribution in [-0.2, 0) is 20.8 Å². The highest BCUT2D eigenvalue weighted by atomic mass is 16.7. The van der Waals surface area contributed by atoms with Crippen molar-refractivity contribution in [1.29, 1.82) is 0 Å². The number of likely N-dealkylation sites (tertiary alicyclic amines) is 1. The summed E-state index contributed by atoms with van der Waals surface area (Å²) < 4.78 is 13.9. The summed E-state index contributed by atoms with van der Waals surface area (Å²) in [6, 6.07) is 14.8. The van der Waals surface area contributed by atoms with Crippen LogP contribution in [0.3, 0.4) is 0 Å². The number of amides is 1. The van der Waals surface area contributed by atoms with Crippen LogP contribution in [-0.4, -0.2) is 65.5 Å². The Kier molecular flexibility index (Phi) is 5.75. The lowest BCUT2D eigenvalue weighted by molar-refractivity contribution is -0.188. The van der Waals surface area contributed by atoms with Gasteiger partial charge >= 0.3 is 0 Å². The minimum absolute atomic E-state index is 0.0950. The van der Waals surface area contributed by atoms with E-state index in [0.717, 1.165) is 64.2 Å². The minimum atomic E-state index is -0.429. The first-order valence-electron chi connectivity index (χ1n) is 12.5. The van der Waals surface area contributed by atoms with Crippen molar-refractivity contribution in [3.63, 3.8) is 0 Å². The topological polar surface area (TPSA) is 59.8 Å². The van der Waals surface area contributed by atoms with Gasteiger partial charge in [0.25, 0.3) is 0 Å². The number of aromatic nitrogens is 2. The maximum absolute atomic E-state index is 13.2. The number of anilines is 1. The fourth-order valence-corrected chi connectivity index (χ4v) is 5.73. The second-order valence-corrected chi connectivity index (χ2v) is 9.69. The summed E-state index contributed by atoms with van der Waals surface area (Å²) in [6.45, 7) is 5.36. The van der Waals surface area contributed by atoms with Crippen LogP contribution in [0.1, 0.15) is 31.2 Å². The first kappa shape index (κ1) is 21.6. The van der Waals surface area contributed by atoms with Crippen molar-refractivity contribution in [2.24, 2.45) is 5.92 Å². The molecule has 0 bridgehead atoms. The van der Waals surface area contributed by atoms with Crippen LogP contribution in [0.5, 0.6) is 0 Å². The summed E-state index contributed by atoms with van der Waals surface area (Å²) >= 11 is 0. The van der Waals surface area contributed by atoms with E-state index in [-0.39, 0.29) is 5.92 Å². The smallest absolute Gasteiger partial charge is 0.225 e. The quantitative estimate of drug-likeness (QED) is 0.595. The predicted octanol–water partition coefficient (Wildman–Crippen LogP) is 3.67. The summed E-state index contributed by atoms with van der Waals surface area (Å²) in [5.41, 5.74) is 2.48. The summed E-state index contributed by atoms with van der Waals surface area (Å²) in [4.78, 5) is 22.3. The van der Waals surface area contributed by atoms with Crippen molar-refractivity contribution in [1.82, 2.24) is 14.5 Å². The first-order valence-corrected chi connectivity index (χ1v) is 12.5. The maximum Gasteiger partial charge on any atom is 0.225 e. The molecule has 1 aromatic carbocycles. The summed E-state index contributed by atoms with van der Waals surface area (Å²) in [7, 11) is 0. The molecule has 3 aliphatic rings. The van der Waals surface area contributed by atoms with E-state index in [1.54, 1.807) is 0 Å². The fourth-order valence-electron chi connectivity index (χ4n) is 5.73. The standard InChI is InChI=1S/C27H32N4O3/c32-26(30-16-10-27(11-17-30)33-18-19-34-27)22-7-13-29(14-8-22)25-23-9-15-31(24(23)6-12-28-25)20-21-4-2-1-3-5-21/h1-6,9,12,15,22H,7-8,10-11,13-14,16-20H2. The third-order valence-corrected chi connectivity index (χ3v) is 7.67. The molecule has 7 nitrogen and oxygen atoms in total. The maximum atomic E-state index is 13.2. The average Bonchev–Trinajstić information content (AvgIpc) is 3.52. The molecule has 5 heterocycles. The molecule has 3 saturated heterocycles. The van der Waals surface area contributed by atoms with Gasteiger partial charge < -0.3 is 23.8 Å². The van der Waals surface area contributed by atoms with Gasteiger partial charge in [-0.15, -0.1) is 0 Å². The largest absolute Gasteiger partial charge is 0.356 e. The van der Waals surface area contributed by atoms with Gasteiger partial charge in [0.2, 0.25) is 5.91 Å². The number of ether oxygens (including phenoxy) is 2. The Balaban J connectivity index is 1.10. The average molecular weight is 461 g/mol. The zero-order valence-corrected chi connectivity index (χ0v) is 19.6. The van der Waals surface area contributed by atoms with E-state index in [9.17, 15) is 4.79 Å². The van der Waals surface area contributed by atoms with Gasteiger partial charge in [0.15, 0.2) is 5.79 Å². The van der Waals surface area contributed by atoms with Crippen molar-refractivity contribution >= 4 is 22.6 Å². The molecule has 1 spiro atoms. The van der Waals surface area contributed by atoms with Gasteiger partial charge in [-0.05, 0) is 30.5 Å². The lowest BCUT2D eigenvalue weighted by Gasteiger charge is -2.40. The third kappa shape index (κ3) is 4.07. The molecule has 3 aromatic rings. The Hall–Kier alpha value is -2.90. The van der Waals surface area contributed by atoms with Gasteiger partial charge in [0.05, 0.1) is 18.7 Å². The van der Waals surface area contributed by atoms with Crippen molar-refractivity contribution in [2.45, 2.75) is 38.0 Å². The molecule has 3 aliphatic heterocycles. The molecule has 0 atom stereocenters. The zero-order valence-electron chi connectivity index (χ0n) is 19.6. The first-order chi connectivity index (χ1) is 16.7. The lowest BCUT2D eigenvalue weighted by Crippen LogP contribution is -2.50. The van der Waals surface area contributed by atoms with E-state index in [1.165, 1.54) is 16.5 Å². The van der Waals surface area contributed by atoms with E-state index in [0.29, 0.717) is 19.1 Å². The molecule has 3 fully saturated rings. The molecule has 34 heavy (non-hydrogen) atoms. The van der Waals surface area contributed by atoms with E-state index in [2.05, 4.69) is 52.1 Å². The molecule has 0 N–H and O–H groups in total. The van der Waals surface area contributed by atoms with Crippen LogP contribution in [0.15, 0.2) is 54.9 Å². The highest BCUT2D eigenvalue weighted by molar-refractivity contribution is 5.91. The molecule has 0 aliphatic carbocycles. The third-order valence-electron chi connectivity index (χ3n) is 7.67. The molecular weight excluding hydrogens is 428 g/mol. The van der Waals surface area contributed by atoms with Gasteiger partial charge in [-0.25, -0.2) is 4.98 Å². The molecular formula is C27H32N4O3. The molecule has 0 radical (unpaired) electrons. The monoisotopic (exact) mass is 460 g/mol. The number of hydrogen-bond donors (Lipinski definition) is 0. The Labute approximate surface area is 200 Å². The van der Waals surface area contributed by atoms with Gasteiger partial charge in [-0.1, -0.05) is 30.3 Å². The minimum Gasteiger partial charge on any atom is -0.356 e. The second kappa shape index (κ2) is 9.04. The highest BCUT2D eigenvalue weighted by Gasteiger charge is 2.42. The molecule has 7 heteroatoms. The van der Waals surface area contributed by atoms with Crippen molar-refractivity contribution in [3.05, 3.63) is 60.4 Å². The van der Waals surface area contributed by atoms with Crippen LogP contribution in [0.4, 0.5) is 5.82 Å². The fraction of sp³-hybridized carbons (Fsp3) is 0.481. The number of hydrogen-bond acceptors (Lipinski definition) is 5. The number of pyridine rings is 1. The Morgan fingerprint density at radius 3 is 2.44 bits per heavy atom. The number of carbonyl (C=O) groups excluding carboxylic acids is 1. The van der Waals surface area contributed by atoms with E-state index < -0.39 is 5.79 Å². The number of nitrogens with zero attached hydrogens (tertiary/aromatic N) is 4. The molecule has 0 unspecified atom stereocenters. The summed E-state index contributed by atoms with van der Waals surface area (Å²) in [5, 5.41) is 1.18. The molecule has 2 aromatic heterocycles. The Bertz CT molecular complexity index is 1140. The summed E-state index contributed by atoms with van der Waals surface area (Å²) in [6.07, 6.45) is 7.37. The Morgan fingerprint density at radius 1 is 0.971 bits per heavy atom. The van der Waals surface area contributed by atoms with E-state index in [4.69, 9.17) is 14.5 Å². The van der Waals surface area contributed by atoms with Crippen LogP contribution in [0, 0.1) is 5.92 Å². The van der Waals surface area contributed by atoms with Gasteiger partial charge in [0.1, 0.15) is 5.82 Å². The van der Waals surface area contributed by atoms with Crippen LogP contribution < -0.4 is 4.90 Å². The summed E-state index contributed by atoms with van der Waals surface area (Å²) in [5.74, 6) is 0.998. The normalized spacial score (nSPS) is 20.9. The molecule has 6 rings (SSSR count). The lowest BCUT2D eigenvalue weighted by atomic mass is 9.93. The van der Waals surface area contributed by atoms with Crippen LogP contribution in [0.2, 0.25) is 0 Å². The number of rotatable bonds is 4. The van der Waals surface area contributed by atoms with Crippen LogP contribution in [0.25, 0.3) is 10.9 Å². The van der Waals surface area contributed by atoms with Gasteiger partial charge in [-0.2, -0.15) is 0 Å². The van der Waals surface area contributed by atoms with Gasteiger partial charge in [0, 0.05) is 69.3 Å². The van der Waals surface area contributed by atoms with Crippen molar-refractivity contribution in [2.75, 3.05) is 44.3 Å². The predicted molar refractivity (Wildman–Crippen MR) is 131 cm³/mol. The number of piperidine rings is 2. The molecule has 1 amide bonds. The van der Waals surface area contributed by atoms with Gasteiger partial charge in [-0.3, -0.25) is 4.79 Å². The second-order valence-electron chi connectivity index (χ2n) is 9.69. The highest BCUT2D eigenvalue weighted by Crippen LogP contribution is 2.34. The number of carbonyl (C=O) groups is 1. The molecule has 0 saturated carbocycles. The van der Waals surface area contributed by atoms with Crippen molar-refractivity contribution < 1.29 is 14.3 Å². The van der Waals surface area contributed by atoms with E-state index >= 15 is 0 Å². The van der Waals surface area contributed by atoms with E-state index in [1.807, 2.05) is 17.2 Å².